The zero-order chi connectivity index (χ0) is 12.7. The molecule has 0 N–H and O–H groups in total. The molecule has 1 aliphatic carbocycles. The van der Waals surface area contributed by atoms with Crippen LogP contribution in [0.25, 0.3) is 17.0 Å². The highest BCUT2D eigenvalue weighted by Gasteiger charge is 2.27. The van der Waals surface area contributed by atoms with Crippen molar-refractivity contribution >= 4 is 22.9 Å². The number of nitrogens with zero attached hydrogens (tertiary/aromatic N) is 2. The molecule has 4 heteroatoms. The Morgan fingerprint density at radius 3 is 2.94 bits per heavy atom. The molecule has 0 atom stereocenters. The second-order valence-electron chi connectivity index (χ2n) is 4.52. The molecule has 1 aromatic carbocycles. The highest BCUT2D eigenvalue weighted by atomic mass is 16.5. The Kier molecular flexibility index (Phi) is 2.44. The number of carbonyl (C=O) groups is 1. The van der Waals surface area contributed by atoms with Gasteiger partial charge in [0.1, 0.15) is 0 Å². The average Bonchev–Trinajstić information content (AvgIpc) is 3.16. The first-order valence-corrected chi connectivity index (χ1v) is 5.96. The van der Waals surface area contributed by atoms with Gasteiger partial charge in [-0.05, 0) is 30.5 Å². The zero-order valence-corrected chi connectivity index (χ0v) is 10.2. The number of benzene rings is 1. The van der Waals surface area contributed by atoms with E-state index in [-0.39, 0.29) is 5.97 Å². The minimum absolute atomic E-state index is 0.334. The monoisotopic (exact) mass is 242 g/mol. The standard InChI is InChI=1S/C14H14N2O2/c1-3-9-6-11(14(17)18-2)12-8-15-16(10-4-5-10)13(12)7-9/h3,6-8,10H,1,4-5H2,2H3. The molecule has 1 heterocycles. The molecule has 18 heavy (non-hydrogen) atoms. The fourth-order valence-electron chi connectivity index (χ4n) is 2.17. The lowest BCUT2D eigenvalue weighted by Crippen LogP contribution is -2.03. The lowest BCUT2D eigenvalue weighted by atomic mass is 10.1. The van der Waals surface area contributed by atoms with Gasteiger partial charge in [-0.3, -0.25) is 4.68 Å². The summed E-state index contributed by atoms with van der Waals surface area (Å²) in [6, 6.07) is 4.29. The first kappa shape index (κ1) is 11.0. The summed E-state index contributed by atoms with van der Waals surface area (Å²) < 4.78 is 6.81. The van der Waals surface area contributed by atoms with Crippen LogP contribution in [0.5, 0.6) is 0 Å². The number of aromatic nitrogens is 2. The van der Waals surface area contributed by atoms with Crippen LogP contribution in [0.15, 0.2) is 24.9 Å². The topological polar surface area (TPSA) is 44.1 Å². The molecule has 0 spiro atoms. The van der Waals surface area contributed by atoms with Crippen LogP contribution in [0, 0.1) is 0 Å². The molecule has 1 saturated carbocycles. The molecule has 1 aliphatic rings. The minimum atomic E-state index is -0.334. The van der Waals surface area contributed by atoms with Gasteiger partial charge in [0.25, 0.3) is 0 Å². The van der Waals surface area contributed by atoms with Gasteiger partial charge >= 0.3 is 5.97 Å². The second kappa shape index (κ2) is 3.98. The Labute approximate surface area is 105 Å². The number of carbonyl (C=O) groups excluding carboxylic acids is 1. The lowest BCUT2D eigenvalue weighted by molar-refractivity contribution is 0.0603. The fraction of sp³-hybridized carbons (Fsp3) is 0.286. The van der Waals surface area contributed by atoms with Crippen molar-refractivity contribution < 1.29 is 9.53 Å². The first-order valence-electron chi connectivity index (χ1n) is 5.96. The maximum absolute atomic E-state index is 11.8. The van der Waals surface area contributed by atoms with Gasteiger partial charge < -0.3 is 4.74 Å². The first-order chi connectivity index (χ1) is 8.74. The third kappa shape index (κ3) is 1.61. The Hall–Kier alpha value is -2.10. The van der Waals surface area contributed by atoms with E-state index in [1.165, 1.54) is 7.11 Å². The van der Waals surface area contributed by atoms with Crippen molar-refractivity contribution in [3.63, 3.8) is 0 Å². The summed E-state index contributed by atoms with van der Waals surface area (Å²) in [7, 11) is 1.39. The van der Waals surface area contributed by atoms with Crippen LogP contribution < -0.4 is 0 Å². The summed E-state index contributed by atoms with van der Waals surface area (Å²) in [4.78, 5) is 11.8. The molecule has 3 rings (SSSR count). The van der Waals surface area contributed by atoms with Crippen LogP contribution in [0.3, 0.4) is 0 Å². The van der Waals surface area contributed by atoms with E-state index in [9.17, 15) is 4.79 Å². The summed E-state index contributed by atoms with van der Waals surface area (Å²) in [6.45, 7) is 3.76. The lowest BCUT2D eigenvalue weighted by Gasteiger charge is -2.05. The Morgan fingerprint density at radius 1 is 1.56 bits per heavy atom. The van der Waals surface area contributed by atoms with E-state index in [1.54, 1.807) is 18.3 Å². The predicted octanol–water partition coefficient (Wildman–Crippen LogP) is 2.80. The quantitative estimate of drug-likeness (QED) is 0.777. The van der Waals surface area contributed by atoms with Gasteiger partial charge in [-0.15, -0.1) is 0 Å². The van der Waals surface area contributed by atoms with E-state index in [1.807, 2.05) is 10.7 Å². The molecule has 1 aromatic heterocycles. The van der Waals surface area contributed by atoms with Gasteiger partial charge in [0, 0.05) is 5.39 Å². The van der Waals surface area contributed by atoms with Crippen LogP contribution in [-0.2, 0) is 4.74 Å². The van der Waals surface area contributed by atoms with E-state index < -0.39 is 0 Å². The van der Waals surface area contributed by atoms with E-state index >= 15 is 0 Å². The third-order valence-electron chi connectivity index (χ3n) is 3.27. The van der Waals surface area contributed by atoms with Gasteiger partial charge in [0.2, 0.25) is 0 Å². The van der Waals surface area contributed by atoms with Crippen molar-refractivity contribution in [2.24, 2.45) is 0 Å². The Bertz CT molecular complexity index is 639. The van der Waals surface area contributed by atoms with E-state index in [4.69, 9.17) is 4.74 Å². The highest BCUT2D eigenvalue weighted by Crippen LogP contribution is 2.37. The average molecular weight is 242 g/mol. The number of esters is 1. The highest BCUT2D eigenvalue weighted by molar-refractivity contribution is 6.04. The summed E-state index contributed by atoms with van der Waals surface area (Å²) in [5.41, 5.74) is 2.44. The SMILES string of the molecule is C=Cc1cc(C(=O)OC)c2cnn(C3CC3)c2c1. The third-order valence-corrected chi connectivity index (χ3v) is 3.27. The summed E-state index contributed by atoms with van der Waals surface area (Å²) in [5, 5.41) is 5.23. The van der Waals surface area contributed by atoms with Crippen LogP contribution in [-0.4, -0.2) is 22.9 Å². The molecule has 0 aliphatic heterocycles. The maximum Gasteiger partial charge on any atom is 0.338 e. The number of fused-ring (bicyclic) bond motifs is 1. The van der Waals surface area contributed by atoms with Gasteiger partial charge in [-0.2, -0.15) is 5.10 Å². The van der Waals surface area contributed by atoms with Crippen molar-refractivity contribution in [2.75, 3.05) is 7.11 Å². The molecule has 4 nitrogen and oxygen atoms in total. The van der Waals surface area contributed by atoms with Crippen molar-refractivity contribution in [2.45, 2.75) is 18.9 Å². The normalized spacial score (nSPS) is 14.7. The summed E-state index contributed by atoms with van der Waals surface area (Å²) >= 11 is 0. The fourth-order valence-corrected chi connectivity index (χ4v) is 2.17. The van der Waals surface area contributed by atoms with Crippen LogP contribution >= 0.6 is 0 Å². The summed E-state index contributed by atoms with van der Waals surface area (Å²) in [5.74, 6) is -0.334. The molecule has 0 saturated heterocycles. The molecule has 0 amide bonds. The van der Waals surface area contributed by atoms with Crippen molar-refractivity contribution in [3.05, 3.63) is 36.0 Å². The largest absolute Gasteiger partial charge is 0.465 e. The van der Waals surface area contributed by atoms with Crippen molar-refractivity contribution in [3.8, 4) is 0 Å². The van der Waals surface area contributed by atoms with Gasteiger partial charge in [0.05, 0.1) is 30.4 Å². The summed E-state index contributed by atoms with van der Waals surface area (Å²) in [6.07, 6.45) is 5.79. The van der Waals surface area contributed by atoms with Gasteiger partial charge in [-0.1, -0.05) is 12.7 Å². The molecule has 0 unspecified atom stereocenters. The molecule has 1 fully saturated rings. The number of rotatable bonds is 3. The molecule has 0 radical (unpaired) electrons. The van der Waals surface area contributed by atoms with Gasteiger partial charge in [-0.25, -0.2) is 4.79 Å². The molecule has 92 valence electrons. The zero-order valence-electron chi connectivity index (χ0n) is 10.2. The van der Waals surface area contributed by atoms with E-state index in [0.717, 1.165) is 29.3 Å². The number of ether oxygens (including phenoxy) is 1. The van der Waals surface area contributed by atoms with E-state index in [0.29, 0.717) is 11.6 Å². The number of hydrogen-bond acceptors (Lipinski definition) is 3. The minimum Gasteiger partial charge on any atom is -0.465 e. The second-order valence-corrected chi connectivity index (χ2v) is 4.52. The predicted molar refractivity (Wildman–Crippen MR) is 69.4 cm³/mol. The molecule has 2 aromatic rings. The smallest absolute Gasteiger partial charge is 0.338 e. The molecular formula is C14H14N2O2. The number of methoxy groups -OCH3 is 1. The Morgan fingerprint density at radius 2 is 2.33 bits per heavy atom. The molecular weight excluding hydrogens is 228 g/mol. The number of hydrogen-bond donors (Lipinski definition) is 0. The van der Waals surface area contributed by atoms with Crippen molar-refractivity contribution in [1.82, 2.24) is 9.78 Å². The molecule has 0 bridgehead atoms. The van der Waals surface area contributed by atoms with Gasteiger partial charge in [0.15, 0.2) is 0 Å². The van der Waals surface area contributed by atoms with Crippen LogP contribution in [0.4, 0.5) is 0 Å². The maximum atomic E-state index is 11.8. The Balaban J connectivity index is 2.27. The van der Waals surface area contributed by atoms with Crippen LogP contribution in [0.1, 0.15) is 34.8 Å². The van der Waals surface area contributed by atoms with Crippen molar-refractivity contribution in [1.29, 1.82) is 0 Å². The van der Waals surface area contributed by atoms with Crippen LogP contribution in [0.2, 0.25) is 0 Å². The van der Waals surface area contributed by atoms with E-state index in [2.05, 4.69) is 11.7 Å².